The van der Waals surface area contributed by atoms with Gasteiger partial charge < -0.3 is 14.5 Å². The number of aromatic nitrogens is 3. The Bertz CT molecular complexity index is 577. The van der Waals surface area contributed by atoms with Gasteiger partial charge in [0.15, 0.2) is 0 Å². The summed E-state index contributed by atoms with van der Waals surface area (Å²) in [7, 11) is 1.68. The molecule has 3 aliphatic rings. The van der Waals surface area contributed by atoms with E-state index in [4.69, 9.17) is 4.74 Å². The fourth-order valence-electron chi connectivity index (χ4n) is 3.73. The molecule has 2 aliphatic heterocycles. The smallest absolute Gasteiger partial charge is 0.320 e. The van der Waals surface area contributed by atoms with Crippen LogP contribution in [0, 0.1) is 5.92 Å². The van der Waals surface area contributed by atoms with Gasteiger partial charge in [0.1, 0.15) is 11.7 Å². The SMILES string of the molecule is COCC1c2nnn(CC3CC3)c2CCN1C(=O)N1CCCC1. The van der Waals surface area contributed by atoms with Gasteiger partial charge in [-0.15, -0.1) is 5.10 Å². The van der Waals surface area contributed by atoms with Crippen LogP contribution < -0.4 is 0 Å². The lowest BCUT2D eigenvalue weighted by Crippen LogP contribution is -2.48. The van der Waals surface area contributed by atoms with Crippen LogP contribution in [0.3, 0.4) is 0 Å². The number of methoxy groups -OCH3 is 1. The highest BCUT2D eigenvalue weighted by Crippen LogP contribution is 2.34. The molecule has 23 heavy (non-hydrogen) atoms. The van der Waals surface area contributed by atoms with Crippen LogP contribution in [0.4, 0.5) is 4.79 Å². The fourth-order valence-corrected chi connectivity index (χ4v) is 3.73. The van der Waals surface area contributed by atoms with Crippen LogP contribution in [0.2, 0.25) is 0 Å². The zero-order valence-corrected chi connectivity index (χ0v) is 13.8. The van der Waals surface area contributed by atoms with Crippen LogP contribution in [-0.2, 0) is 17.7 Å². The minimum atomic E-state index is -0.107. The third kappa shape index (κ3) is 2.82. The summed E-state index contributed by atoms with van der Waals surface area (Å²) in [6.07, 6.45) is 5.66. The van der Waals surface area contributed by atoms with Gasteiger partial charge in [0.05, 0.1) is 12.3 Å². The molecular formula is C16H25N5O2. The van der Waals surface area contributed by atoms with Crippen molar-refractivity contribution in [2.75, 3.05) is 33.4 Å². The minimum Gasteiger partial charge on any atom is -0.382 e. The molecule has 0 N–H and O–H groups in total. The molecular weight excluding hydrogens is 294 g/mol. The molecule has 4 rings (SSSR count). The van der Waals surface area contributed by atoms with Crippen LogP contribution in [0.25, 0.3) is 0 Å². The van der Waals surface area contributed by atoms with E-state index in [1.54, 1.807) is 7.11 Å². The van der Waals surface area contributed by atoms with Crippen LogP contribution in [0.1, 0.15) is 43.1 Å². The predicted molar refractivity (Wildman–Crippen MR) is 84.0 cm³/mol. The summed E-state index contributed by atoms with van der Waals surface area (Å²) < 4.78 is 7.46. The molecule has 1 atom stereocenters. The Balaban J connectivity index is 1.57. The van der Waals surface area contributed by atoms with E-state index in [1.807, 2.05) is 9.80 Å². The van der Waals surface area contributed by atoms with E-state index in [0.717, 1.165) is 57.1 Å². The normalized spacial score (nSPS) is 24.1. The molecule has 0 radical (unpaired) electrons. The standard InChI is InChI=1S/C16H25N5O2/c1-23-11-14-15-13(21(18-17-15)10-12-4-5-12)6-9-20(14)16(22)19-7-2-3-8-19/h12,14H,2-11H2,1H3. The highest BCUT2D eigenvalue weighted by Gasteiger charge is 2.38. The molecule has 7 heteroatoms. The lowest BCUT2D eigenvalue weighted by atomic mass is 10.0. The number of ether oxygens (including phenoxy) is 1. The van der Waals surface area contributed by atoms with E-state index in [1.165, 1.54) is 18.5 Å². The van der Waals surface area contributed by atoms with Crippen molar-refractivity contribution in [1.29, 1.82) is 0 Å². The summed E-state index contributed by atoms with van der Waals surface area (Å²) in [4.78, 5) is 16.7. The number of likely N-dealkylation sites (tertiary alicyclic amines) is 1. The van der Waals surface area contributed by atoms with Crippen LogP contribution in [0.5, 0.6) is 0 Å². The van der Waals surface area contributed by atoms with Gasteiger partial charge in [-0.25, -0.2) is 9.48 Å². The first-order valence-electron chi connectivity index (χ1n) is 8.74. The van der Waals surface area contributed by atoms with Gasteiger partial charge in [0.25, 0.3) is 0 Å². The topological polar surface area (TPSA) is 63.5 Å². The quantitative estimate of drug-likeness (QED) is 0.842. The number of amides is 2. The molecule has 1 aromatic heterocycles. The third-order valence-electron chi connectivity index (χ3n) is 5.22. The Labute approximate surface area is 136 Å². The van der Waals surface area contributed by atoms with Gasteiger partial charge in [0, 0.05) is 39.7 Å². The Morgan fingerprint density at radius 1 is 1.26 bits per heavy atom. The van der Waals surface area contributed by atoms with Crippen molar-refractivity contribution in [2.24, 2.45) is 5.92 Å². The van der Waals surface area contributed by atoms with Crippen molar-refractivity contribution in [2.45, 2.75) is 44.7 Å². The largest absolute Gasteiger partial charge is 0.382 e. The summed E-state index contributed by atoms with van der Waals surface area (Å²) in [6.45, 7) is 3.93. The monoisotopic (exact) mass is 319 g/mol. The first kappa shape index (κ1) is 14.9. The Morgan fingerprint density at radius 3 is 2.74 bits per heavy atom. The Kier molecular flexibility index (Phi) is 3.97. The average molecular weight is 319 g/mol. The molecule has 1 saturated heterocycles. The van der Waals surface area contributed by atoms with E-state index in [0.29, 0.717) is 6.61 Å². The number of nitrogens with zero attached hydrogens (tertiary/aromatic N) is 5. The summed E-state index contributed by atoms with van der Waals surface area (Å²) in [5.74, 6) is 0.769. The lowest BCUT2D eigenvalue weighted by Gasteiger charge is -2.36. The maximum absolute atomic E-state index is 12.8. The minimum absolute atomic E-state index is 0.107. The molecule has 0 spiro atoms. The molecule has 1 aromatic rings. The molecule has 2 amide bonds. The summed E-state index contributed by atoms with van der Waals surface area (Å²) in [6, 6.07) is 0.0248. The molecule has 0 bridgehead atoms. The number of carbonyl (C=O) groups is 1. The lowest BCUT2D eigenvalue weighted by molar-refractivity contribution is 0.0816. The van der Waals surface area contributed by atoms with Gasteiger partial charge in [-0.2, -0.15) is 0 Å². The highest BCUT2D eigenvalue weighted by atomic mass is 16.5. The maximum atomic E-state index is 12.8. The first-order valence-corrected chi connectivity index (χ1v) is 8.74. The van der Waals surface area contributed by atoms with Gasteiger partial charge in [-0.05, 0) is 31.6 Å². The Morgan fingerprint density at radius 2 is 2.04 bits per heavy atom. The van der Waals surface area contributed by atoms with E-state index >= 15 is 0 Å². The fraction of sp³-hybridized carbons (Fsp3) is 0.812. The first-order chi connectivity index (χ1) is 11.3. The second kappa shape index (κ2) is 6.11. The maximum Gasteiger partial charge on any atom is 0.320 e. The zero-order chi connectivity index (χ0) is 15.8. The van der Waals surface area contributed by atoms with Crippen LogP contribution in [-0.4, -0.2) is 64.2 Å². The number of carbonyl (C=O) groups excluding carboxylic acids is 1. The van der Waals surface area contributed by atoms with Crippen molar-refractivity contribution in [3.63, 3.8) is 0 Å². The molecule has 7 nitrogen and oxygen atoms in total. The van der Waals surface area contributed by atoms with Crippen molar-refractivity contribution >= 4 is 6.03 Å². The summed E-state index contributed by atoms with van der Waals surface area (Å²) in [5.41, 5.74) is 2.13. The number of urea groups is 1. The van der Waals surface area contributed by atoms with Crippen LogP contribution >= 0.6 is 0 Å². The van der Waals surface area contributed by atoms with E-state index in [2.05, 4.69) is 15.0 Å². The van der Waals surface area contributed by atoms with E-state index < -0.39 is 0 Å². The average Bonchev–Trinajstić information content (AvgIpc) is 3.05. The summed E-state index contributed by atoms with van der Waals surface area (Å²) >= 11 is 0. The predicted octanol–water partition coefficient (Wildman–Crippen LogP) is 1.45. The molecule has 1 aliphatic carbocycles. The molecule has 126 valence electrons. The molecule has 1 unspecified atom stereocenters. The highest BCUT2D eigenvalue weighted by molar-refractivity contribution is 5.75. The van der Waals surface area contributed by atoms with Gasteiger partial charge in [-0.3, -0.25) is 0 Å². The zero-order valence-electron chi connectivity index (χ0n) is 13.8. The molecule has 0 aromatic carbocycles. The number of hydrogen-bond acceptors (Lipinski definition) is 4. The van der Waals surface area contributed by atoms with Crippen molar-refractivity contribution in [3.05, 3.63) is 11.4 Å². The van der Waals surface area contributed by atoms with E-state index in [9.17, 15) is 4.79 Å². The van der Waals surface area contributed by atoms with Crippen molar-refractivity contribution < 1.29 is 9.53 Å². The number of rotatable bonds is 4. The Hall–Kier alpha value is -1.63. The van der Waals surface area contributed by atoms with Gasteiger partial charge in [0.2, 0.25) is 0 Å². The van der Waals surface area contributed by atoms with Crippen molar-refractivity contribution in [1.82, 2.24) is 24.8 Å². The number of hydrogen-bond donors (Lipinski definition) is 0. The molecule has 3 heterocycles. The molecule has 1 saturated carbocycles. The van der Waals surface area contributed by atoms with Crippen molar-refractivity contribution in [3.8, 4) is 0 Å². The third-order valence-corrected chi connectivity index (χ3v) is 5.22. The summed E-state index contributed by atoms with van der Waals surface area (Å²) in [5, 5.41) is 8.78. The second-order valence-electron chi connectivity index (χ2n) is 6.94. The number of fused-ring (bicyclic) bond motifs is 1. The van der Waals surface area contributed by atoms with Gasteiger partial charge >= 0.3 is 6.03 Å². The second-order valence-corrected chi connectivity index (χ2v) is 6.94. The van der Waals surface area contributed by atoms with Crippen LogP contribution in [0.15, 0.2) is 0 Å². The molecule has 2 fully saturated rings. The van der Waals surface area contributed by atoms with Gasteiger partial charge in [-0.1, -0.05) is 5.21 Å². The van der Waals surface area contributed by atoms with E-state index in [-0.39, 0.29) is 12.1 Å².